The van der Waals surface area contributed by atoms with E-state index in [1.165, 1.54) is 6.42 Å². The lowest BCUT2D eigenvalue weighted by atomic mass is 9.90. The topological polar surface area (TPSA) is 43.4 Å². The van der Waals surface area contributed by atoms with E-state index in [1.807, 2.05) is 0 Å². The highest BCUT2D eigenvalue weighted by Crippen LogP contribution is 2.28. The van der Waals surface area contributed by atoms with Gasteiger partial charge in [0.25, 0.3) is 0 Å². The SMILES string of the molecule is CCS(C)(C)(=O)OC(=O)C1CCCCC1. The molecule has 0 amide bonds. The zero-order valence-corrected chi connectivity index (χ0v) is 10.8. The van der Waals surface area contributed by atoms with Gasteiger partial charge >= 0.3 is 5.97 Å². The fourth-order valence-corrected chi connectivity index (χ4v) is 2.49. The molecule has 0 radical (unpaired) electrons. The van der Waals surface area contributed by atoms with Gasteiger partial charge in [0.1, 0.15) is 0 Å². The van der Waals surface area contributed by atoms with Crippen LogP contribution in [0.3, 0.4) is 0 Å². The molecule has 90 valence electrons. The molecule has 1 aliphatic carbocycles. The highest BCUT2D eigenvalue weighted by molar-refractivity contribution is 8.15. The summed E-state index contributed by atoms with van der Waals surface area (Å²) in [5.41, 5.74) is 0. The summed E-state index contributed by atoms with van der Waals surface area (Å²) in [6.45, 7) is 1.79. The van der Waals surface area contributed by atoms with Gasteiger partial charge in [-0.25, -0.2) is 4.79 Å². The molecule has 0 aliphatic heterocycles. The smallest absolute Gasteiger partial charge is 0.330 e. The summed E-state index contributed by atoms with van der Waals surface area (Å²) in [7, 11) is -3.14. The lowest BCUT2D eigenvalue weighted by molar-refractivity contribution is -0.139. The molecule has 1 rings (SSSR count). The Bertz CT molecular complexity index is 297. The second-order valence-corrected chi connectivity index (χ2v) is 9.64. The maximum absolute atomic E-state index is 12.2. The van der Waals surface area contributed by atoms with Crippen LogP contribution in [0, 0.1) is 5.92 Å². The van der Waals surface area contributed by atoms with Crippen molar-refractivity contribution in [1.82, 2.24) is 0 Å². The monoisotopic (exact) mass is 234 g/mol. The summed E-state index contributed by atoms with van der Waals surface area (Å²) < 4.78 is 17.4. The number of carbonyl (C=O) groups is 1. The number of hydrogen-bond acceptors (Lipinski definition) is 3. The lowest BCUT2D eigenvalue weighted by Crippen LogP contribution is -2.39. The Kier molecular flexibility index (Phi) is 3.59. The molecule has 0 bridgehead atoms. The van der Waals surface area contributed by atoms with Gasteiger partial charge in [-0.2, -0.15) is 13.6 Å². The van der Waals surface area contributed by atoms with Gasteiger partial charge in [0.15, 0.2) is 0 Å². The van der Waals surface area contributed by atoms with Crippen molar-refractivity contribution in [1.29, 1.82) is 0 Å². The molecule has 0 heterocycles. The standard InChI is InChI=1S/C11H22O3S/c1-4-15(2,3,13)14-11(12)10-8-6-5-7-9-10/h10H,4-9H2,1-3H3. The molecule has 0 unspecified atom stereocenters. The van der Waals surface area contributed by atoms with Crippen LogP contribution < -0.4 is 0 Å². The summed E-state index contributed by atoms with van der Waals surface area (Å²) in [4.78, 5) is 11.8. The van der Waals surface area contributed by atoms with Gasteiger partial charge in [0, 0.05) is 18.3 Å². The Morgan fingerprint density at radius 3 is 2.27 bits per heavy atom. The van der Waals surface area contributed by atoms with Gasteiger partial charge in [0.2, 0.25) is 0 Å². The average Bonchev–Trinajstić information content (AvgIpc) is 2.18. The van der Waals surface area contributed by atoms with E-state index in [0.717, 1.165) is 25.7 Å². The Labute approximate surface area is 92.2 Å². The highest BCUT2D eigenvalue weighted by atomic mass is 32.3. The van der Waals surface area contributed by atoms with E-state index in [1.54, 1.807) is 19.4 Å². The molecule has 1 saturated carbocycles. The third kappa shape index (κ3) is 3.93. The van der Waals surface area contributed by atoms with E-state index in [0.29, 0.717) is 5.75 Å². The van der Waals surface area contributed by atoms with Crippen molar-refractivity contribution in [2.45, 2.75) is 39.0 Å². The molecule has 0 aromatic carbocycles. The van der Waals surface area contributed by atoms with Crippen LogP contribution >= 0.6 is 0 Å². The Balaban J connectivity index is 2.58. The van der Waals surface area contributed by atoms with Crippen molar-refractivity contribution >= 4 is 15.3 Å². The maximum Gasteiger partial charge on any atom is 0.330 e. The van der Waals surface area contributed by atoms with E-state index in [-0.39, 0.29) is 11.9 Å². The summed E-state index contributed by atoms with van der Waals surface area (Å²) in [6, 6.07) is 0. The fraction of sp³-hybridized carbons (Fsp3) is 0.909. The van der Waals surface area contributed by atoms with Gasteiger partial charge in [-0.15, -0.1) is 0 Å². The maximum atomic E-state index is 12.2. The quantitative estimate of drug-likeness (QED) is 0.751. The number of hydrogen-bond donors (Lipinski definition) is 0. The average molecular weight is 234 g/mol. The first-order valence-electron chi connectivity index (χ1n) is 5.66. The van der Waals surface area contributed by atoms with Crippen LogP contribution in [0.15, 0.2) is 0 Å². The van der Waals surface area contributed by atoms with Crippen LogP contribution in [0.2, 0.25) is 0 Å². The molecule has 1 fully saturated rings. The van der Waals surface area contributed by atoms with Crippen molar-refractivity contribution in [2.24, 2.45) is 5.92 Å². The third-order valence-electron chi connectivity index (χ3n) is 3.09. The predicted molar refractivity (Wildman–Crippen MR) is 63.2 cm³/mol. The fourth-order valence-electron chi connectivity index (χ4n) is 1.72. The molecule has 0 aromatic rings. The van der Waals surface area contributed by atoms with Crippen molar-refractivity contribution in [3.05, 3.63) is 0 Å². The molecule has 0 aromatic heterocycles. The lowest BCUT2D eigenvalue weighted by Gasteiger charge is -2.39. The summed E-state index contributed by atoms with van der Waals surface area (Å²) in [5.74, 6) is 0.128. The second kappa shape index (κ2) is 4.24. The summed E-state index contributed by atoms with van der Waals surface area (Å²) in [6.07, 6.45) is 8.28. The van der Waals surface area contributed by atoms with Crippen LogP contribution in [0.25, 0.3) is 0 Å². The minimum Gasteiger partial charge on any atom is -0.358 e. The summed E-state index contributed by atoms with van der Waals surface area (Å²) in [5, 5.41) is 0. The molecular weight excluding hydrogens is 212 g/mol. The first-order chi connectivity index (χ1) is 6.82. The largest absolute Gasteiger partial charge is 0.358 e. The minimum atomic E-state index is -3.14. The van der Waals surface area contributed by atoms with Crippen molar-refractivity contribution < 1.29 is 13.2 Å². The Morgan fingerprint density at radius 1 is 1.27 bits per heavy atom. The third-order valence-corrected chi connectivity index (χ3v) is 5.40. The van der Waals surface area contributed by atoms with Crippen molar-refractivity contribution in [3.63, 3.8) is 0 Å². The Morgan fingerprint density at radius 2 is 1.80 bits per heavy atom. The molecule has 0 atom stereocenters. The van der Waals surface area contributed by atoms with Gasteiger partial charge in [-0.3, -0.25) is 0 Å². The van der Waals surface area contributed by atoms with E-state index in [4.69, 9.17) is 4.18 Å². The van der Waals surface area contributed by atoms with E-state index in [9.17, 15) is 9.00 Å². The molecule has 1 aliphatic rings. The van der Waals surface area contributed by atoms with Crippen LogP contribution in [0.4, 0.5) is 0 Å². The number of rotatable bonds is 3. The molecule has 4 heteroatoms. The Hall–Kier alpha value is -0.380. The molecule has 0 saturated heterocycles. The van der Waals surface area contributed by atoms with Crippen LogP contribution in [-0.4, -0.2) is 28.4 Å². The molecule has 0 N–H and O–H groups in total. The zero-order chi connectivity index (χ0) is 11.6. The molecule has 0 spiro atoms. The van der Waals surface area contributed by atoms with E-state index in [2.05, 4.69) is 0 Å². The van der Waals surface area contributed by atoms with Crippen LogP contribution in [0.5, 0.6) is 0 Å². The van der Waals surface area contributed by atoms with Crippen molar-refractivity contribution in [2.75, 3.05) is 18.3 Å². The molecule has 15 heavy (non-hydrogen) atoms. The zero-order valence-electron chi connectivity index (χ0n) is 9.95. The van der Waals surface area contributed by atoms with Gasteiger partial charge in [-0.05, 0) is 19.8 Å². The van der Waals surface area contributed by atoms with Crippen LogP contribution in [-0.2, 0) is 18.3 Å². The first kappa shape index (κ1) is 12.7. The van der Waals surface area contributed by atoms with Crippen molar-refractivity contribution in [3.8, 4) is 0 Å². The predicted octanol–water partition coefficient (Wildman–Crippen LogP) is 2.12. The molecule has 3 nitrogen and oxygen atoms in total. The normalized spacial score (nSPS) is 21.7. The van der Waals surface area contributed by atoms with E-state index >= 15 is 0 Å². The van der Waals surface area contributed by atoms with Crippen LogP contribution in [0.1, 0.15) is 39.0 Å². The second-order valence-electron chi connectivity index (χ2n) is 4.98. The first-order valence-corrected chi connectivity index (χ1v) is 8.54. The molecular formula is C11H22O3S. The minimum absolute atomic E-state index is 0.0188. The van der Waals surface area contributed by atoms with Gasteiger partial charge < -0.3 is 4.18 Å². The van der Waals surface area contributed by atoms with Gasteiger partial charge in [0.05, 0.1) is 5.92 Å². The van der Waals surface area contributed by atoms with E-state index < -0.39 is 9.35 Å². The number of carbonyl (C=O) groups excluding carboxylic acids is 1. The summed E-state index contributed by atoms with van der Waals surface area (Å²) >= 11 is 0. The van der Waals surface area contributed by atoms with Gasteiger partial charge in [-0.1, -0.05) is 19.3 Å². The highest BCUT2D eigenvalue weighted by Gasteiger charge is 2.28.